The second-order valence-corrected chi connectivity index (χ2v) is 22.1. The molecule has 0 aromatic heterocycles. The first-order valence-corrected chi connectivity index (χ1v) is 30.7. The van der Waals surface area contributed by atoms with Gasteiger partial charge in [-0.15, -0.1) is 0 Å². The number of hydrogen-bond donors (Lipinski definition) is 1. The van der Waals surface area contributed by atoms with E-state index in [9.17, 15) is 19.0 Å². The summed E-state index contributed by atoms with van der Waals surface area (Å²) in [4.78, 5) is 35.7. The van der Waals surface area contributed by atoms with Gasteiger partial charge in [-0.25, -0.2) is 4.57 Å². The summed E-state index contributed by atoms with van der Waals surface area (Å²) < 4.78 is 34.6. The van der Waals surface area contributed by atoms with Crippen LogP contribution in [0.5, 0.6) is 0 Å². The number of likely N-dealkylation sites (N-methyl/N-ethyl adjacent to an activating group) is 1. The van der Waals surface area contributed by atoms with Gasteiger partial charge >= 0.3 is 19.8 Å². The summed E-state index contributed by atoms with van der Waals surface area (Å²) in [6, 6.07) is 0. The molecule has 0 aliphatic carbocycles. The van der Waals surface area contributed by atoms with Crippen molar-refractivity contribution in [3.05, 3.63) is 72.9 Å². The molecule has 9 nitrogen and oxygen atoms in total. The van der Waals surface area contributed by atoms with Gasteiger partial charge in [0.15, 0.2) is 6.10 Å². The Morgan fingerprint density at radius 1 is 0.451 bits per heavy atom. The molecule has 0 rings (SSSR count). The molecule has 0 saturated carbocycles. The molecule has 71 heavy (non-hydrogen) atoms. The van der Waals surface area contributed by atoms with Crippen LogP contribution in [0.1, 0.15) is 251 Å². The molecule has 0 aliphatic heterocycles. The van der Waals surface area contributed by atoms with E-state index < -0.39 is 26.5 Å². The minimum Gasteiger partial charge on any atom is -0.462 e. The quantitative estimate of drug-likeness (QED) is 0.0211. The van der Waals surface area contributed by atoms with Gasteiger partial charge in [-0.2, -0.15) is 0 Å². The van der Waals surface area contributed by atoms with E-state index in [0.29, 0.717) is 17.4 Å². The first-order valence-electron chi connectivity index (χ1n) is 29.2. The zero-order chi connectivity index (χ0) is 52.0. The molecular weight excluding hydrogens is 906 g/mol. The molecule has 0 aromatic carbocycles. The zero-order valence-corrected chi connectivity index (χ0v) is 47.6. The van der Waals surface area contributed by atoms with E-state index in [1.54, 1.807) is 0 Å². The van der Waals surface area contributed by atoms with E-state index in [1.807, 2.05) is 21.1 Å². The highest BCUT2D eigenvalue weighted by atomic mass is 31.2. The van der Waals surface area contributed by atoms with E-state index in [2.05, 4.69) is 86.8 Å². The van der Waals surface area contributed by atoms with Crippen molar-refractivity contribution in [1.29, 1.82) is 0 Å². The first kappa shape index (κ1) is 68.5. The number of ether oxygens (including phenoxy) is 2. The molecule has 0 aromatic rings. The minimum atomic E-state index is -4.39. The summed E-state index contributed by atoms with van der Waals surface area (Å²) in [7, 11) is 1.47. The molecule has 0 heterocycles. The third-order valence-electron chi connectivity index (χ3n) is 12.5. The zero-order valence-electron chi connectivity index (χ0n) is 46.7. The van der Waals surface area contributed by atoms with Crippen LogP contribution in [0, 0.1) is 0 Å². The van der Waals surface area contributed by atoms with Crippen LogP contribution in [-0.4, -0.2) is 74.9 Å². The maximum Gasteiger partial charge on any atom is 0.472 e. The molecule has 10 heteroatoms. The molecule has 1 N–H and O–H groups in total. The van der Waals surface area contributed by atoms with Crippen LogP contribution in [-0.2, 0) is 32.7 Å². The third kappa shape index (κ3) is 56.6. The van der Waals surface area contributed by atoms with Crippen LogP contribution in [0.25, 0.3) is 0 Å². The maximum atomic E-state index is 12.8. The van der Waals surface area contributed by atoms with Gasteiger partial charge in [-0.05, 0) is 83.5 Å². The predicted octanol–water partition coefficient (Wildman–Crippen LogP) is 18.1. The third-order valence-corrected chi connectivity index (χ3v) is 13.5. The summed E-state index contributed by atoms with van der Waals surface area (Å²) in [6.07, 6.45) is 68.2. The van der Waals surface area contributed by atoms with Crippen LogP contribution >= 0.6 is 7.82 Å². The Labute approximate surface area is 438 Å². The SMILES string of the molecule is CC/C=C\C/C=C\C/C=C\C/C=C\C/C=C\CCCCCCCCCCCCCCCC(=O)OC(COC(=O)CCCCCCCCC/C=C\CCCCCCCCC)COP(=O)(O)OCC[N+](C)(C)C. The van der Waals surface area contributed by atoms with Gasteiger partial charge in [0.2, 0.25) is 0 Å². The number of esters is 2. The molecule has 2 unspecified atom stereocenters. The lowest BCUT2D eigenvalue weighted by Crippen LogP contribution is -2.37. The number of carbonyl (C=O) groups is 2. The Kier molecular flexibility index (Phi) is 50.4. The highest BCUT2D eigenvalue weighted by Crippen LogP contribution is 2.43. The van der Waals surface area contributed by atoms with E-state index >= 15 is 0 Å². The van der Waals surface area contributed by atoms with Crippen LogP contribution < -0.4 is 0 Å². The Bertz CT molecular complexity index is 1430. The average molecular weight is 1020 g/mol. The van der Waals surface area contributed by atoms with Gasteiger partial charge < -0.3 is 18.9 Å². The van der Waals surface area contributed by atoms with Crippen LogP contribution in [0.3, 0.4) is 0 Å². The molecule has 0 saturated heterocycles. The Hall–Kier alpha value is -2.55. The van der Waals surface area contributed by atoms with E-state index in [0.717, 1.165) is 70.6 Å². The smallest absolute Gasteiger partial charge is 0.462 e. The van der Waals surface area contributed by atoms with Gasteiger partial charge in [0.05, 0.1) is 27.7 Å². The molecule has 2 atom stereocenters. The fourth-order valence-electron chi connectivity index (χ4n) is 7.98. The van der Waals surface area contributed by atoms with Gasteiger partial charge in [0.25, 0.3) is 0 Å². The molecule has 0 amide bonds. The topological polar surface area (TPSA) is 108 Å². The van der Waals surface area contributed by atoms with Crippen molar-refractivity contribution in [2.24, 2.45) is 0 Å². The second-order valence-electron chi connectivity index (χ2n) is 20.6. The number of hydrogen-bond acceptors (Lipinski definition) is 7. The number of quaternary nitrogens is 1. The molecule has 412 valence electrons. The van der Waals surface area contributed by atoms with Crippen LogP contribution in [0.15, 0.2) is 72.9 Å². The summed E-state index contributed by atoms with van der Waals surface area (Å²) in [5.74, 6) is -0.800. The highest BCUT2D eigenvalue weighted by molar-refractivity contribution is 7.47. The van der Waals surface area contributed by atoms with E-state index in [-0.39, 0.29) is 32.0 Å². The summed E-state index contributed by atoms with van der Waals surface area (Å²) in [6.45, 7) is 4.33. The largest absolute Gasteiger partial charge is 0.472 e. The lowest BCUT2D eigenvalue weighted by atomic mass is 10.0. The lowest BCUT2D eigenvalue weighted by Gasteiger charge is -2.24. The van der Waals surface area contributed by atoms with Crippen LogP contribution in [0.2, 0.25) is 0 Å². The molecule has 0 bridgehead atoms. The van der Waals surface area contributed by atoms with E-state index in [1.165, 1.54) is 148 Å². The van der Waals surface area contributed by atoms with Gasteiger partial charge in [-0.3, -0.25) is 18.6 Å². The lowest BCUT2D eigenvalue weighted by molar-refractivity contribution is -0.870. The molecule has 0 radical (unpaired) electrons. The monoisotopic (exact) mass is 1020 g/mol. The Balaban J connectivity index is 4.14. The number of allylic oxidation sites excluding steroid dienone is 12. The van der Waals surface area contributed by atoms with Crippen molar-refractivity contribution in [2.75, 3.05) is 47.5 Å². The van der Waals surface area contributed by atoms with Gasteiger partial charge in [0.1, 0.15) is 19.8 Å². The Morgan fingerprint density at radius 3 is 1.21 bits per heavy atom. The van der Waals surface area contributed by atoms with Crippen molar-refractivity contribution in [1.82, 2.24) is 0 Å². The summed E-state index contributed by atoms with van der Waals surface area (Å²) in [5.41, 5.74) is 0. The number of phosphoric ester groups is 1. The number of carbonyl (C=O) groups excluding carboxylic acids is 2. The standard InChI is InChI=1S/C61H110NO8P/c1-6-8-10-12-14-16-18-20-22-24-26-27-28-29-30-31-32-33-34-35-36-38-40-42-44-46-48-50-52-54-61(64)70-59(58-69-71(65,66)68-56-55-62(3,4)5)57-67-60(63)53-51-49-47-45-43-41-39-37-25-23-21-19-17-15-13-11-9-7-2/h8,10,14,16,20,22-23,25-27,29-30,59H,6-7,9,11-13,15,17-19,21,24,28,31-58H2,1-5H3/p+1/b10-8-,16-14-,22-20-,25-23-,27-26-,30-29-. The average Bonchev–Trinajstić information content (AvgIpc) is 3.33. The second kappa shape index (κ2) is 52.3. The molecule has 0 fully saturated rings. The van der Waals surface area contributed by atoms with E-state index in [4.69, 9.17) is 18.5 Å². The van der Waals surface area contributed by atoms with Crippen molar-refractivity contribution >= 4 is 19.8 Å². The highest BCUT2D eigenvalue weighted by Gasteiger charge is 2.27. The molecule has 0 aliphatic rings. The summed E-state index contributed by atoms with van der Waals surface area (Å²) >= 11 is 0. The predicted molar refractivity (Wildman–Crippen MR) is 302 cm³/mol. The fraction of sp³-hybridized carbons (Fsp3) is 0.770. The van der Waals surface area contributed by atoms with Crippen molar-refractivity contribution < 1.29 is 42.1 Å². The molecular formula is C61H111NO8P+. The van der Waals surface area contributed by atoms with Gasteiger partial charge in [-0.1, -0.05) is 228 Å². The van der Waals surface area contributed by atoms with Crippen LogP contribution in [0.4, 0.5) is 0 Å². The molecule has 0 spiro atoms. The summed E-state index contributed by atoms with van der Waals surface area (Å²) in [5, 5.41) is 0. The van der Waals surface area contributed by atoms with Gasteiger partial charge in [0, 0.05) is 12.8 Å². The number of rotatable bonds is 53. The Morgan fingerprint density at radius 2 is 0.803 bits per heavy atom. The van der Waals surface area contributed by atoms with Crippen molar-refractivity contribution in [2.45, 2.75) is 258 Å². The first-order chi connectivity index (χ1) is 34.5. The fourth-order valence-corrected chi connectivity index (χ4v) is 8.72. The number of phosphoric acid groups is 1. The van der Waals surface area contributed by atoms with Crippen molar-refractivity contribution in [3.63, 3.8) is 0 Å². The van der Waals surface area contributed by atoms with Crippen molar-refractivity contribution in [3.8, 4) is 0 Å². The number of nitrogens with zero attached hydrogens (tertiary/aromatic N) is 1. The minimum absolute atomic E-state index is 0.0291. The number of unbranched alkanes of at least 4 members (excludes halogenated alkanes) is 27. The maximum absolute atomic E-state index is 12.8. The normalized spacial score (nSPS) is 13.8.